The molecule has 0 amide bonds. The van der Waals surface area contributed by atoms with Crippen LogP contribution in [0.15, 0.2) is 60.7 Å². The quantitative estimate of drug-likeness (QED) is 0.613. The molecule has 1 aliphatic carbocycles. The maximum atomic E-state index is 12.6. The van der Waals surface area contributed by atoms with Crippen molar-refractivity contribution in [3.8, 4) is 0 Å². The van der Waals surface area contributed by atoms with E-state index in [0.717, 1.165) is 16.3 Å². The van der Waals surface area contributed by atoms with E-state index in [-0.39, 0.29) is 11.6 Å². The molecule has 0 N–H and O–H groups in total. The number of carbonyl (C=O) groups excluding carboxylic acids is 2. The van der Waals surface area contributed by atoms with Gasteiger partial charge >= 0.3 is 0 Å². The van der Waals surface area contributed by atoms with Gasteiger partial charge in [0.25, 0.3) is 0 Å². The second-order valence-electron chi connectivity index (χ2n) is 5.46. The molecule has 2 nitrogen and oxygen atoms in total. The molecule has 0 radical (unpaired) electrons. The second kappa shape index (κ2) is 4.79. The molecule has 3 aromatic rings. The minimum Gasteiger partial charge on any atom is -0.293 e. The third kappa shape index (κ3) is 1.88. The number of Topliss-reactive ketones (excluding diaryl/α,β-unsaturated/α-hetero) is 2. The molecular weight excluding hydrogens is 296 g/mol. The van der Waals surface area contributed by atoms with Crippen molar-refractivity contribution in [1.29, 1.82) is 0 Å². The largest absolute Gasteiger partial charge is 0.293 e. The van der Waals surface area contributed by atoms with Crippen molar-refractivity contribution in [1.82, 2.24) is 0 Å². The fourth-order valence-corrected chi connectivity index (χ4v) is 3.23. The van der Waals surface area contributed by atoms with Crippen LogP contribution in [-0.4, -0.2) is 11.6 Å². The van der Waals surface area contributed by atoms with Gasteiger partial charge in [0.05, 0.1) is 0 Å². The normalized spacial score (nSPS) is 17.0. The van der Waals surface area contributed by atoms with Gasteiger partial charge in [-0.3, -0.25) is 9.59 Å². The van der Waals surface area contributed by atoms with Crippen LogP contribution in [0.4, 0.5) is 0 Å². The summed E-state index contributed by atoms with van der Waals surface area (Å²) in [6, 6.07) is 18.5. The summed E-state index contributed by atoms with van der Waals surface area (Å²) in [6.45, 7) is 0. The Hall–Kier alpha value is -2.45. The van der Waals surface area contributed by atoms with Crippen molar-refractivity contribution >= 4 is 33.9 Å². The first-order valence-corrected chi connectivity index (χ1v) is 7.39. The zero-order valence-electron chi connectivity index (χ0n) is 11.5. The molecule has 22 heavy (non-hydrogen) atoms. The van der Waals surface area contributed by atoms with Crippen LogP contribution in [0.2, 0.25) is 5.02 Å². The van der Waals surface area contributed by atoms with Crippen LogP contribution in [0.25, 0.3) is 10.8 Å². The Bertz CT molecular complexity index is 943. The summed E-state index contributed by atoms with van der Waals surface area (Å²) >= 11 is 5.94. The van der Waals surface area contributed by atoms with Gasteiger partial charge in [-0.15, -0.1) is 0 Å². The highest BCUT2D eigenvalue weighted by molar-refractivity contribution is 6.34. The smallest absolute Gasteiger partial charge is 0.178 e. The van der Waals surface area contributed by atoms with E-state index < -0.39 is 5.92 Å². The van der Waals surface area contributed by atoms with Crippen LogP contribution in [0, 0.1) is 0 Å². The first-order valence-electron chi connectivity index (χ1n) is 7.02. The molecule has 4 rings (SSSR count). The SMILES string of the molecule is O=C1c2ccc(Cl)cc2C(=O)C1c1ccc2ccccc2c1. The van der Waals surface area contributed by atoms with E-state index in [0.29, 0.717) is 16.1 Å². The summed E-state index contributed by atoms with van der Waals surface area (Å²) < 4.78 is 0. The van der Waals surface area contributed by atoms with E-state index in [4.69, 9.17) is 11.6 Å². The highest BCUT2D eigenvalue weighted by Gasteiger charge is 2.39. The molecule has 106 valence electrons. The Morgan fingerprint density at radius 3 is 2.27 bits per heavy atom. The van der Waals surface area contributed by atoms with E-state index in [1.807, 2.05) is 42.5 Å². The second-order valence-corrected chi connectivity index (χ2v) is 5.89. The first-order chi connectivity index (χ1) is 10.6. The Morgan fingerprint density at radius 2 is 1.45 bits per heavy atom. The van der Waals surface area contributed by atoms with Gasteiger partial charge in [0.15, 0.2) is 11.6 Å². The fourth-order valence-electron chi connectivity index (χ4n) is 3.06. The molecule has 0 aromatic heterocycles. The molecule has 0 fully saturated rings. The number of benzene rings is 3. The standard InChI is InChI=1S/C19H11ClO2/c20-14-7-8-15-16(10-14)19(22)17(18(15)21)13-6-5-11-3-1-2-4-12(11)9-13/h1-10,17H. The van der Waals surface area contributed by atoms with E-state index in [1.54, 1.807) is 18.2 Å². The number of ketones is 2. The minimum atomic E-state index is -0.752. The number of hydrogen-bond donors (Lipinski definition) is 0. The summed E-state index contributed by atoms with van der Waals surface area (Å²) in [5, 5.41) is 2.58. The van der Waals surface area contributed by atoms with Gasteiger partial charge in [0.1, 0.15) is 5.92 Å². The van der Waals surface area contributed by atoms with Crippen molar-refractivity contribution in [2.75, 3.05) is 0 Å². The molecule has 0 saturated carbocycles. The Morgan fingerprint density at radius 1 is 0.727 bits per heavy atom. The van der Waals surface area contributed by atoms with Gasteiger partial charge in [0, 0.05) is 16.1 Å². The average Bonchev–Trinajstić information content (AvgIpc) is 2.78. The lowest BCUT2D eigenvalue weighted by atomic mass is 9.92. The molecule has 0 bridgehead atoms. The number of fused-ring (bicyclic) bond motifs is 2. The molecule has 3 aromatic carbocycles. The predicted octanol–water partition coefficient (Wildman–Crippen LogP) is 4.66. The van der Waals surface area contributed by atoms with Crippen molar-refractivity contribution in [2.45, 2.75) is 5.92 Å². The van der Waals surface area contributed by atoms with Crippen LogP contribution < -0.4 is 0 Å². The average molecular weight is 307 g/mol. The van der Waals surface area contributed by atoms with Gasteiger partial charge in [-0.1, -0.05) is 48.0 Å². The Kier molecular flexibility index (Phi) is 2.88. The summed E-state index contributed by atoms with van der Waals surface area (Å²) in [6.07, 6.45) is 0. The van der Waals surface area contributed by atoms with Crippen molar-refractivity contribution in [3.05, 3.63) is 82.4 Å². The van der Waals surface area contributed by atoms with Crippen molar-refractivity contribution < 1.29 is 9.59 Å². The summed E-state index contributed by atoms with van der Waals surface area (Å²) in [4.78, 5) is 25.2. The van der Waals surface area contributed by atoms with E-state index in [9.17, 15) is 9.59 Å². The lowest BCUT2D eigenvalue weighted by Crippen LogP contribution is -2.12. The van der Waals surface area contributed by atoms with Gasteiger partial charge < -0.3 is 0 Å². The van der Waals surface area contributed by atoms with Crippen LogP contribution in [0.5, 0.6) is 0 Å². The van der Waals surface area contributed by atoms with Crippen LogP contribution in [0.1, 0.15) is 32.2 Å². The zero-order chi connectivity index (χ0) is 15.3. The Labute approximate surface area is 132 Å². The summed E-state index contributed by atoms with van der Waals surface area (Å²) in [5.41, 5.74) is 1.63. The maximum absolute atomic E-state index is 12.6. The zero-order valence-corrected chi connectivity index (χ0v) is 12.3. The van der Waals surface area contributed by atoms with Gasteiger partial charge in [-0.2, -0.15) is 0 Å². The third-order valence-electron chi connectivity index (χ3n) is 4.14. The predicted molar refractivity (Wildman–Crippen MR) is 86.8 cm³/mol. The lowest BCUT2D eigenvalue weighted by molar-refractivity contribution is 0.0890. The van der Waals surface area contributed by atoms with E-state index in [2.05, 4.69) is 0 Å². The number of rotatable bonds is 1. The first kappa shape index (κ1) is 13.2. The Balaban J connectivity index is 1.86. The fraction of sp³-hybridized carbons (Fsp3) is 0.0526. The molecule has 1 unspecified atom stereocenters. The molecule has 3 heteroatoms. The van der Waals surface area contributed by atoms with Crippen molar-refractivity contribution in [3.63, 3.8) is 0 Å². The highest BCUT2D eigenvalue weighted by Crippen LogP contribution is 2.36. The summed E-state index contributed by atoms with van der Waals surface area (Å²) in [7, 11) is 0. The third-order valence-corrected chi connectivity index (χ3v) is 4.38. The van der Waals surface area contributed by atoms with Crippen LogP contribution >= 0.6 is 11.6 Å². The summed E-state index contributed by atoms with van der Waals surface area (Å²) in [5.74, 6) is -1.07. The number of halogens is 1. The molecule has 0 aliphatic heterocycles. The van der Waals surface area contributed by atoms with E-state index in [1.165, 1.54) is 0 Å². The molecular formula is C19H11ClO2. The molecule has 0 saturated heterocycles. The maximum Gasteiger partial charge on any atom is 0.178 e. The lowest BCUT2D eigenvalue weighted by Gasteiger charge is -2.08. The number of carbonyl (C=O) groups is 2. The van der Waals surface area contributed by atoms with Crippen LogP contribution in [-0.2, 0) is 0 Å². The van der Waals surface area contributed by atoms with Gasteiger partial charge in [-0.25, -0.2) is 0 Å². The molecule has 0 heterocycles. The van der Waals surface area contributed by atoms with Gasteiger partial charge in [0.2, 0.25) is 0 Å². The highest BCUT2D eigenvalue weighted by atomic mass is 35.5. The monoisotopic (exact) mass is 306 g/mol. The minimum absolute atomic E-state index is 0.146. The van der Waals surface area contributed by atoms with Gasteiger partial charge in [-0.05, 0) is 40.6 Å². The molecule has 1 atom stereocenters. The molecule has 0 spiro atoms. The molecule has 1 aliphatic rings. The van der Waals surface area contributed by atoms with Crippen molar-refractivity contribution in [2.24, 2.45) is 0 Å². The topological polar surface area (TPSA) is 34.1 Å². The van der Waals surface area contributed by atoms with E-state index >= 15 is 0 Å². The number of hydrogen-bond acceptors (Lipinski definition) is 2. The van der Waals surface area contributed by atoms with Crippen LogP contribution in [0.3, 0.4) is 0 Å².